The van der Waals surface area contributed by atoms with Gasteiger partial charge in [-0.2, -0.15) is 0 Å². The van der Waals surface area contributed by atoms with E-state index in [1.54, 1.807) is 4.57 Å². The molecule has 2 aromatic heterocycles. The first kappa shape index (κ1) is 17.4. The van der Waals surface area contributed by atoms with Crippen molar-refractivity contribution in [1.82, 2.24) is 14.5 Å². The summed E-state index contributed by atoms with van der Waals surface area (Å²) >= 11 is 0. The second kappa shape index (κ2) is 6.74. The Balaban J connectivity index is 1.81. The zero-order valence-electron chi connectivity index (χ0n) is 16.4. The van der Waals surface area contributed by atoms with Crippen LogP contribution >= 0.6 is 0 Å². The molecule has 0 aliphatic heterocycles. The largest absolute Gasteiger partial charge is 0.361 e. The van der Waals surface area contributed by atoms with E-state index in [0.717, 1.165) is 22.2 Å². The Kier molecular flexibility index (Phi) is 4.06. The predicted molar refractivity (Wildman–Crippen MR) is 119 cm³/mol. The van der Waals surface area contributed by atoms with Crippen molar-refractivity contribution in [2.45, 2.75) is 19.8 Å². The van der Waals surface area contributed by atoms with Crippen LogP contribution < -0.4 is 5.56 Å². The molecule has 0 saturated heterocycles. The van der Waals surface area contributed by atoms with Crippen LogP contribution in [0.25, 0.3) is 38.9 Å². The molecule has 0 amide bonds. The third-order valence-corrected chi connectivity index (χ3v) is 5.41. The van der Waals surface area contributed by atoms with Gasteiger partial charge in [0.1, 0.15) is 5.82 Å². The molecular weight excluding hydrogens is 358 g/mol. The van der Waals surface area contributed by atoms with E-state index in [0.29, 0.717) is 22.6 Å². The molecule has 5 rings (SSSR count). The van der Waals surface area contributed by atoms with Gasteiger partial charge < -0.3 is 4.98 Å². The number of benzene rings is 3. The summed E-state index contributed by atoms with van der Waals surface area (Å²) in [6.07, 6.45) is 1.92. The molecular formula is C25H21N3O. The summed E-state index contributed by atoms with van der Waals surface area (Å²) in [4.78, 5) is 21.6. The Labute approximate surface area is 168 Å². The van der Waals surface area contributed by atoms with Crippen LogP contribution in [-0.2, 0) is 0 Å². The van der Waals surface area contributed by atoms with E-state index in [2.05, 4.69) is 37.0 Å². The van der Waals surface area contributed by atoms with Crippen LogP contribution in [-0.4, -0.2) is 14.5 Å². The smallest absolute Gasteiger partial charge is 0.266 e. The molecule has 142 valence electrons. The Morgan fingerprint density at radius 2 is 1.72 bits per heavy atom. The standard InChI is InChI=1S/C25H21N3O/c1-16(2)17-7-10-20(11-8-17)28-24(19-9-12-22-18(15-19)13-14-26-22)27-23-6-4-3-5-21(23)25(28)29/h3-16,26H,1-2H3. The van der Waals surface area contributed by atoms with E-state index in [4.69, 9.17) is 4.98 Å². The maximum absolute atomic E-state index is 13.5. The van der Waals surface area contributed by atoms with Crippen molar-refractivity contribution in [2.24, 2.45) is 0 Å². The number of hydrogen-bond acceptors (Lipinski definition) is 2. The number of hydrogen-bond donors (Lipinski definition) is 1. The van der Waals surface area contributed by atoms with Crippen molar-refractivity contribution in [1.29, 1.82) is 0 Å². The van der Waals surface area contributed by atoms with Crippen LogP contribution in [0.2, 0.25) is 0 Å². The Morgan fingerprint density at radius 1 is 0.931 bits per heavy atom. The Bertz CT molecular complexity index is 1390. The average molecular weight is 379 g/mol. The first-order valence-electron chi connectivity index (χ1n) is 9.81. The van der Waals surface area contributed by atoms with E-state index < -0.39 is 0 Å². The van der Waals surface area contributed by atoms with E-state index >= 15 is 0 Å². The van der Waals surface area contributed by atoms with Crippen LogP contribution in [0, 0.1) is 0 Å². The lowest BCUT2D eigenvalue weighted by Gasteiger charge is -2.15. The van der Waals surface area contributed by atoms with Crippen LogP contribution in [0.15, 0.2) is 83.8 Å². The van der Waals surface area contributed by atoms with Gasteiger partial charge in [-0.3, -0.25) is 9.36 Å². The van der Waals surface area contributed by atoms with Gasteiger partial charge in [-0.25, -0.2) is 4.98 Å². The molecule has 1 N–H and O–H groups in total. The second-order valence-corrected chi connectivity index (χ2v) is 7.62. The summed E-state index contributed by atoms with van der Waals surface area (Å²) in [5.74, 6) is 1.08. The van der Waals surface area contributed by atoms with Crippen LogP contribution in [0.3, 0.4) is 0 Å². The number of fused-ring (bicyclic) bond motifs is 2. The molecule has 5 aromatic rings. The summed E-state index contributed by atoms with van der Waals surface area (Å²) in [7, 11) is 0. The van der Waals surface area contributed by atoms with Crippen molar-refractivity contribution in [3.8, 4) is 17.1 Å². The SMILES string of the molecule is CC(C)c1ccc(-n2c(-c3ccc4[nH]ccc4c3)nc3ccccc3c2=O)cc1. The highest BCUT2D eigenvalue weighted by molar-refractivity contribution is 5.86. The quantitative estimate of drug-likeness (QED) is 0.440. The van der Waals surface area contributed by atoms with Gasteiger partial charge >= 0.3 is 0 Å². The Hall–Kier alpha value is -3.66. The summed E-state index contributed by atoms with van der Waals surface area (Å²) in [6.45, 7) is 4.33. The number of para-hydroxylation sites is 1. The highest BCUT2D eigenvalue weighted by Gasteiger charge is 2.15. The van der Waals surface area contributed by atoms with Crippen molar-refractivity contribution in [3.63, 3.8) is 0 Å². The first-order valence-corrected chi connectivity index (χ1v) is 9.81. The van der Waals surface area contributed by atoms with E-state index in [1.807, 2.05) is 60.8 Å². The molecule has 29 heavy (non-hydrogen) atoms. The maximum atomic E-state index is 13.5. The zero-order valence-corrected chi connectivity index (χ0v) is 16.4. The minimum atomic E-state index is -0.0583. The molecule has 0 radical (unpaired) electrons. The molecule has 4 nitrogen and oxygen atoms in total. The average Bonchev–Trinajstić information content (AvgIpc) is 3.22. The van der Waals surface area contributed by atoms with Gasteiger partial charge in [0.15, 0.2) is 0 Å². The van der Waals surface area contributed by atoms with Crippen LogP contribution in [0.4, 0.5) is 0 Å². The second-order valence-electron chi connectivity index (χ2n) is 7.62. The molecule has 0 bridgehead atoms. The van der Waals surface area contributed by atoms with E-state index in [1.165, 1.54) is 5.56 Å². The lowest BCUT2D eigenvalue weighted by molar-refractivity contribution is 0.864. The molecule has 3 aromatic carbocycles. The van der Waals surface area contributed by atoms with Gasteiger partial charge in [-0.05, 0) is 60.0 Å². The minimum Gasteiger partial charge on any atom is -0.361 e. The topological polar surface area (TPSA) is 50.7 Å². The van der Waals surface area contributed by atoms with Gasteiger partial charge in [0.05, 0.1) is 16.6 Å². The van der Waals surface area contributed by atoms with E-state index in [9.17, 15) is 4.79 Å². The molecule has 2 heterocycles. The molecule has 4 heteroatoms. The minimum absolute atomic E-state index is 0.0583. The zero-order chi connectivity index (χ0) is 20.0. The Morgan fingerprint density at radius 3 is 2.52 bits per heavy atom. The number of rotatable bonds is 3. The van der Waals surface area contributed by atoms with Gasteiger partial charge in [-0.1, -0.05) is 38.1 Å². The molecule has 0 spiro atoms. The summed E-state index contributed by atoms with van der Waals surface area (Å²) in [5.41, 5.74) is 4.68. The van der Waals surface area contributed by atoms with Crippen LogP contribution in [0.1, 0.15) is 25.3 Å². The lowest BCUT2D eigenvalue weighted by atomic mass is 10.0. The van der Waals surface area contributed by atoms with Crippen LogP contribution in [0.5, 0.6) is 0 Å². The summed E-state index contributed by atoms with van der Waals surface area (Å²) in [6, 6.07) is 23.8. The lowest BCUT2D eigenvalue weighted by Crippen LogP contribution is -2.22. The van der Waals surface area contributed by atoms with Gasteiger partial charge in [0.25, 0.3) is 5.56 Å². The number of aromatic nitrogens is 3. The molecule has 0 aliphatic carbocycles. The van der Waals surface area contributed by atoms with Gasteiger partial charge in [-0.15, -0.1) is 0 Å². The highest BCUT2D eigenvalue weighted by atomic mass is 16.1. The maximum Gasteiger partial charge on any atom is 0.266 e. The fraction of sp³-hybridized carbons (Fsp3) is 0.120. The molecule has 0 aliphatic rings. The summed E-state index contributed by atoms with van der Waals surface area (Å²) in [5, 5.41) is 1.71. The van der Waals surface area contributed by atoms with Crippen molar-refractivity contribution in [3.05, 3.63) is 94.9 Å². The molecule has 0 saturated carbocycles. The predicted octanol–water partition coefficient (Wildman–Crippen LogP) is 5.66. The fourth-order valence-corrected chi connectivity index (χ4v) is 3.77. The number of H-pyrrole nitrogens is 1. The van der Waals surface area contributed by atoms with Crippen molar-refractivity contribution < 1.29 is 0 Å². The van der Waals surface area contributed by atoms with Gasteiger partial charge in [0.2, 0.25) is 0 Å². The fourth-order valence-electron chi connectivity index (χ4n) is 3.77. The normalized spacial score (nSPS) is 11.6. The van der Waals surface area contributed by atoms with Crippen molar-refractivity contribution >= 4 is 21.8 Å². The first-order chi connectivity index (χ1) is 14.1. The molecule has 0 atom stereocenters. The van der Waals surface area contributed by atoms with Gasteiger partial charge in [0, 0.05) is 22.7 Å². The summed E-state index contributed by atoms with van der Waals surface area (Å²) < 4.78 is 1.72. The third kappa shape index (κ3) is 2.93. The number of nitrogens with one attached hydrogen (secondary N) is 1. The van der Waals surface area contributed by atoms with Crippen molar-refractivity contribution in [2.75, 3.05) is 0 Å². The van der Waals surface area contributed by atoms with E-state index in [-0.39, 0.29) is 5.56 Å². The number of nitrogens with zero attached hydrogens (tertiary/aromatic N) is 2. The monoisotopic (exact) mass is 379 g/mol. The third-order valence-electron chi connectivity index (χ3n) is 5.41. The highest BCUT2D eigenvalue weighted by Crippen LogP contribution is 2.26. The number of aromatic amines is 1. The molecule has 0 fully saturated rings. The molecule has 0 unspecified atom stereocenters.